The average molecular weight is 506 g/mol. The summed E-state index contributed by atoms with van der Waals surface area (Å²) in [6.45, 7) is 0. The molecule has 1 heterocycles. The first-order valence-electron chi connectivity index (χ1n) is 9.89. The van der Waals surface area contributed by atoms with E-state index in [9.17, 15) is 9.59 Å². The predicted octanol–water partition coefficient (Wildman–Crippen LogP) is 5.26. The van der Waals surface area contributed by atoms with Gasteiger partial charge in [-0.3, -0.25) is 19.4 Å². The van der Waals surface area contributed by atoms with Gasteiger partial charge in [0, 0.05) is 24.3 Å². The number of nitrogens with zero attached hydrogens (tertiary/aromatic N) is 3. The summed E-state index contributed by atoms with van der Waals surface area (Å²) in [5, 5.41) is 0.119. The smallest absolute Gasteiger partial charge is 0.270 e. The number of carbonyl (C=O) groups is 2. The fourth-order valence-electron chi connectivity index (χ4n) is 3.39. The molecular weight excluding hydrogens is 486 g/mol. The predicted molar refractivity (Wildman–Crippen MR) is 137 cm³/mol. The summed E-state index contributed by atoms with van der Waals surface area (Å²) in [4.78, 5) is 31.7. The van der Waals surface area contributed by atoms with Crippen molar-refractivity contribution in [1.82, 2.24) is 0 Å². The molecular formula is C25H20BrN3O2S. The molecule has 0 bridgehead atoms. The first-order chi connectivity index (χ1) is 15.4. The Labute approximate surface area is 200 Å². The van der Waals surface area contributed by atoms with Crippen molar-refractivity contribution in [2.24, 2.45) is 0 Å². The molecule has 3 aromatic carbocycles. The van der Waals surface area contributed by atoms with Gasteiger partial charge in [-0.1, -0.05) is 46.3 Å². The molecule has 0 spiro atoms. The van der Waals surface area contributed by atoms with E-state index in [2.05, 4.69) is 15.9 Å². The molecule has 0 unspecified atom stereocenters. The van der Waals surface area contributed by atoms with Crippen molar-refractivity contribution in [3.05, 3.63) is 94.5 Å². The van der Waals surface area contributed by atoms with Gasteiger partial charge in [-0.2, -0.15) is 0 Å². The molecule has 2 amide bonds. The SMILES string of the molecule is CN(C)c1ccc(C=C2C(=O)N(c3ccccc3)C(=S)N(c3ccc(Br)cc3)C2=O)cc1. The van der Waals surface area contributed by atoms with E-state index >= 15 is 0 Å². The van der Waals surface area contributed by atoms with Gasteiger partial charge in [-0.15, -0.1) is 0 Å². The summed E-state index contributed by atoms with van der Waals surface area (Å²) in [7, 11) is 3.91. The summed E-state index contributed by atoms with van der Waals surface area (Å²) in [5.74, 6) is -0.901. The molecule has 7 heteroatoms. The lowest BCUT2D eigenvalue weighted by Crippen LogP contribution is -2.56. The fourth-order valence-corrected chi connectivity index (χ4v) is 4.03. The highest BCUT2D eigenvalue weighted by Gasteiger charge is 2.41. The molecule has 0 N–H and O–H groups in total. The van der Waals surface area contributed by atoms with E-state index in [1.807, 2.05) is 73.6 Å². The quantitative estimate of drug-likeness (QED) is 0.275. The van der Waals surface area contributed by atoms with Gasteiger partial charge >= 0.3 is 0 Å². The van der Waals surface area contributed by atoms with Crippen molar-refractivity contribution in [2.45, 2.75) is 0 Å². The van der Waals surface area contributed by atoms with Crippen molar-refractivity contribution in [3.63, 3.8) is 0 Å². The van der Waals surface area contributed by atoms with Gasteiger partial charge in [-0.25, -0.2) is 0 Å². The van der Waals surface area contributed by atoms with Crippen molar-refractivity contribution in [1.29, 1.82) is 0 Å². The summed E-state index contributed by atoms with van der Waals surface area (Å²) in [6, 6.07) is 24.0. The van der Waals surface area contributed by atoms with Gasteiger partial charge in [0.05, 0.1) is 11.4 Å². The third-order valence-electron chi connectivity index (χ3n) is 5.07. The summed E-state index contributed by atoms with van der Waals surface area (Å²) in [5.41, 5.74) is 3.01. The fraction of sp³-hybridized carbons (Fsp3) is 0.0800. The number of anilines is 3. The van der Waals surface area contributed by atoms with Crippen molar-refractivity contribution in [3.8, 4) is 0 Å². The van der Waals surface area contributed by atoms with Crippen molar-refractivity contribution in [2.75, 3.05) is 28.8 Å². The minimum Gasteiger partial charge on any atom is -0.378 e. The van der Waals surface area contributed by atoms with E-state index in [-0.39, 0.29) is 10.7 Å². The summed E-state index contributed by atoms with van der Waals surface area (Å²) >= 11 is 9.04. The lowest BCUT2D eigenvalue weighted by Gasteiger charge is -2.36. The third kappa shape index (κ3) is 4.22. The van der Waals surface area contributed by atoms with Crippen LogP contribution in [0.25, 0.3) is 6.08 Å². The Morgan fingerprint density at radius 2 is 1.31 bits per heavy atom. The normalized spacial score (nSPS) is 15.5. The van der Waals surface area contributed by atoms with Gasteiger partial charge in [0.25, 0.3) is 11.8 Å². The maximum atomic E-state index is 13.5. The molecule has 1 aliphatic rings. The number of hydrogen-bond donors (Lipinski definition) is 0. The van der Waals surface area contributed by atoms with Crippen LogP contribution < -0.4 is 14.7 Å². The number of amides is 2. The van der Waals surface area contributed by atoms with Crippen LogP contribution in [0.2, 0.25) is 0 Å². The van der Waals surface area contributed by atoms with E-state index in [0.717, 1.165) is 15.7 Å². The Bertz CT molecular complexity index is 1210. The monoisotopic (exact) mass is 505 g/mol. The van der Waals surface area contributed by atoms with Crippen LogP contribution in [-0.4, -0.2) is 31.0 Å². The third-order valence-corrected chi connectivity index (χ3v) is 5.96. The number of thiocarbonyl (C=S) groups is 1. The van der Waals surface area contributed by atoms with Crippen molar-refractivity contribution >= 4 is 68.2 Å². The molecule has 0 saturated carbocycles. The molecule has 32 heavy (non-hydrogen) atoms. The number of para-hydroxylation sites is 1. The van der Waals surface area contributed by atoms with E-state index in [0.29, 0.717) is 11.4 Å². The molecule has 0 atom stereocenters. The van der Waals surface area contributed by atoms with Crippen LogP contribution in [-0.2, 0) is 9.59 Å². The van der Waals surface area contributed by atoms with E-state index in [4.69, 9.17) is 12.2 Å². The Kier molecular flexibility index (Phi) is 6.21. The van der Waals surface area contributed by atoms with E-state index in [1.54, 1.807) is 30.3 Å². The molecule has 0 radical (unpaired) electrons. The number of rotatable bonds is 4. The number of hydrogen-bond acceptors (Lipinski definition) is 4. The van der Waals surface area contributed by atoms with Crippen molar-refractivity contribution < 1.29 is 9.59 Å². The first-order valence-corrected chi connectivity index (χ1v) is 11.1. The molecule has 160 valence electrons. The molecule has 4 rings (SSSR count). The van der Waals surface area contributed by atoms with Crippen LogP contribution in [0.1, 0.15) is 5.56 Å². The first kappa shape index (κ1) is 21.9. The number of halogens is 1. The average Bonchev–Trinajstić information content (AvgIpc) is 2.79. The van der Waals surface area contributed by atoms with Gasteiger partial charge in [-0.05, 0) is 72.4 Å². The number of benzene rings is 3. The Balaban J connectivity index is 1.82. The Morgan fingerprint density at radius 3 is 1.84 bits per heavy atom. The number of carbonyl (C=O) groups excluding carboxylic acids is 2. The lowest BCUT2D eigenvalue weighted by atomic mass is 10.0. The van der Waals surface area contributed by atoms with E-state index < -0.39 is 11.8 Å². The largest absolute Gasteiger partial charge is 0.378 e. The van der Waals surface area contributed by atoms with Gasteiger partial charge < -0.3 is 4.90 Å². The van der Waals surface area contributed by atoms with Crippen LogP contribution in [0.4, 0.5) is 17.1 Å². The molecule has 1 saturated heterocycles. The minimum absolute atomic E-state index is 0.0444. The zero-order chi connectivity index (χ0) is 22.8. The van der Waals surface area contributed by atoms with Crippen LogP contribution in [0.15, 0.2) is 88.9 Å². The standard InChI is InChI=1S/C25H20BrN3O2S/c1-27(2)19-12-8-17(9-13-19)16-22-23(30)28(20-6-4-3-5-7-20)25(32)29(24(22)31)21-14-10-18(26)11-15-21/h3-16H,1-2H3. The molecule has 5 nitrogen and oxygen atoms in total. The Morgan fingerprint density at radius 1 is 0.781 bits per heavy atom. The van der Waals surface area contributed by atoms with Crippen LogP contribution in [0.3, 0.4) is 0 Å². The zero-order valence-electron chi connectivity index (χ0n) is 17.5. The zero-order valence-corrected chi connectivity index (χ0v) is 19.9. The Hall–Kier alpha value is -3.29. The minimum atomic E-state index is -0.453. The maximum absolute atomic E-state index is 13.5. The molecule has 0 aliphatic carbocycles. The second-order valence-electron chi connectivity index (χ2n) is 7.42. The van der Waals surface area contributed by atoms with Crippen LogP contribution >= 0.6 is 28.1 Å². The highest BCUT2D eigenvalue weighted by molar-refractivity contribution is 9.10. The summed E-state index contributed by atoms with van der Waals surface area (Å²) in [6.07, 6.45) is 1.62. The molecule has 3 aromatic rings. The van der Waals surface area contributed by atoms with Crippen LogP contribution in [0.5, 0.6) is 0 Å². The van der Waals surface area contributed by atoms with Crippen LogP contribution in [0, 0.1) is 0 Å². The second kappa shape index (κ2) is 9.06. The van der Waals surface area contributed by atoms with Gasteiger partial charge in [0.2, 0.25) is 0 Å². The molecule has 1 aliphatic heterocycles. The molecule has 1 fully saturated rings. The second-order valence-corrected chi connectivity index (χ2v) is 8.70. The van der Waals surface area contributed by atoms with E-state index in [1.165, 1.54) is 9.80 Å². The maximum Gasteiger partial charge on any atom is 0.270 e. The van der Waals surface area contributed by atoms with Gasteiger partial charge in [0.15, 0.2) is 5.11 Å². The highest BCUT2D eigenvalue weighted by Crippen LogP contribution is 2.30. The molecule has 0 aromatic heterocycles. The highest BCUT2D eigenvalue weighted by atomic mass is 79.9. The van der Waals surface area contributed by atoms with Gasteiger partial charge in [0.1, 0.15) is 5.57 Å². The lowest BCUT2D eigenvalue weighted by molar-refractivity contribution is -0.120. The summed E-state index contributed by atoms with van der Waals surface area (Å²) < 4.78 is 0.879. The topological polar surface area (TPSA) is 43.9 Å².